The van der Waals surface area contributed by atoms with Gasteiger partial charge < -0.3 is 0 Å². The molecule has 1 aliphatic rings. The fourth-order valence-electron chi connectivity index (χ4n) is 1.45. The van der Waals surface area contributed by atoms with Crippen molar-refractivity contribution in [2.75, 3.05) is 0 Å². The Morgan fingerprint density at radius 3 is 2.17 bits per heavy atom. The highest BCUT2D eigenvalue weighted by Crippen LogP contribution is 2.35. The molecule has 0 N–H and O–H groups in total. The summed E-state index contributed by atoms with van der Waals surface area (Å²) >= 11 is 0. The first-order valence-corrected chi connectivity index (χ1v) is 4.53. The van der Waals surface area contributed by atoms with Gasteiger partial charge in [-0.25, -0.2) is 0 Å². The second-order valence-electron chi connectivity index (χ2n) is 3.59. The summed E-state index contributed by atoms with van der Waals surface area (Å²) in [6.45, 7) is 4.36. The molecule has 0 aromatic heterocycles. The highest BCUT2D eigenvalue weighted by atomic mass is 14.2. The van der Waals surface area contributed by atoms with E-state index >= 15 is 0 Å². The molecule has 1 fully saturated rings. The molecule has 0 amide bonds. The van der Waals surface area contributed by atoms with E-state index in [4.69, 9.17) is 0 Å². The maximum absolute atomic E-state index is 2.23. The normalized spacial score (nSPS) is 14.7. The van der Waals surface area contributed by atoms with E-state index in [1.54, 1.807) is 5.57 Å². The monoisotopic (exact) mass is 158 g/mol. The van der Waals surface area contributed by atoms with Crippen molar-refractivity contribution in [1.29, 1.82) is 0 Å². The van der Waals surface area contributed by atoms with Gasteiger partial charge in [-0.15, -0.1) is 0 Å². The lowest BCUT2D eigenvalue weighted by Crippen LogP contribution is -1.79. The van der Waals surface area contributed by atoms with E-state index in [1.165, 1.54) is 29.5 Å². The molecule has 1 saturated carbocycles. The van der Waals surface area contributed by atoms with E-state index in [2.05, 4.69) is 38.1 Å². The van der Waals surface area contributed by atoms with Gasteiger partial charge in [0, 0.05) is 0 Å². The summed E-state index contributed by atoms with van der Waals surface area (Å²) < 4.78 is 0. The summed E-state index contributed by atoms with van der Waals surface area (Å²) in [6, 6.07) is 8.80. The van der Waals surface area contributed by atoms with E-state index < -0.39 is 0 Å². The largest absolute Gasteiger partial charge is 0.0661 e. The fraction of sp³-hybridized carbons (Fsp3) is 0.333. The van der Waals surface area contributed by atoms with Crippen molar-refractivity contribution in [1.82, 2.24) is 0 Å². The Kier molecular flexibility index (Phi) is 1.76. The Hall–Kier alpha value is -1.04. The van der Waals surface area contributed by atoms with E-state index in [0.29, 0.717) is 0 Å². The SMILES string of the molecule is CC(=C1CC1)c1ccc(C)cc1. The van der Waals surface area contributed by atoms with Gasteiger partial charge in [-0.05, 0) is 37.8 Å². The molecule has 0 heteroatoms. The van der Waals surface area contributed by atoms with Crippen molar-refractivity contribution in [3.8, 4) is 0 Å². The average Bonchev–Trinajstić information content (AvgIpc) is 2.87. The molecule has 12 heavy (non-hydrogen) atoms. The molecular weight excluding hydrogens is 144 g/mol. The topological polar surface area (TPSA) is 0 Å². The first-order chi connectivity index (χ1) is 5.77. The summed E-state index contributed by atoms with van der Waals surface area (Å²) in [5.74, 6) is 0. The Morgan fingerprint density at radius 1 is 1.08 bits per heavy atom. The smallest absolute Gasteiger partial charge is 0.0228 e. The average molecular weight is 158 g/mol. The van der Waals surface area contributed by atoms with E-state index in [1.807, 2.05) is 0 Å². The first kappa shape index (κ1) is 7.60. The number of hydrogen-bond donors (Lipinski definition) is 0. The molecular formula is C12H14. The van der Waals surface area contributed by atoms with Crippen molar-refractivity contribution in [2.45, 2.75) is 26.7 Å². The van der Waals surface area contributed by atoms with Crippen molar-refractivity contribution < 1.29 is 0 Å². The van der Waals surface area contributed by atoms with Crippen LogP contribution in [0.1, 0.15) is 30.9 Å². The van der Waals surface area contributed by atoms with Crippen molar-refractivity contribution >= 4 is 5.57 Å². The zero-order valence-electron chi connectivity index (χ0n) is 7.72. The molecule has 0 radical (unpaired) electrons. The molecule has 0 nitrogen and oxygen atoms in total. The lowest BCUT2D eigenvalue weighted by Gasteiger charge is -2.00. The third-order valence-corrected chi connectivity index (χ3v) is 2.51. The third kappa shape index (κ3) is 1.42. The van der Waals surface area contributed by atoms with Crippen molar-refractivity contribution in [3.63, 3.8) is 0 Å². The van der Waals surface area contributed by atoms with Crippen LogP contribution in [0.3, 0.4) is 0 Å². The van der Waals surface area contributed by atoms with Gasteiger partial charge in [0.05, 0.1) is 0 Å². The van der Waals surface area contributed by atoms with Crippen LogP contribution in [0.2, 0.25) is 0 Å². The molecule has 0 atom stereocenters. The molecule has 1 aromatic carbocycles. The third-order valence-electron chi connectivity index (χ3n) is 2.51. The first-order valence-electron chi connectivity index (χ1n) is 4.53. The van der Waals surface area contributed by atoms with E-state index in [9.17, 15) is 0 Å². The van der Waals surface area contributed by atoms with Crippen molar-refractivity contribution in [2.24, 2.45) is 0 Å². The summed E-state index contributed by atoms with van der Waals surface area (Å²) in [5, 5.41) is 0. The van der Waals surface area contributed by atoms with E-state index in [0.717, 1.165) is 0 Å². The zero-order valence-corrected chi connectivity index (χ0v) is 7.72. The van der Waals surface area contributed by atoms with Crippen LogP contribution in [0.15, 0.2) is 29.8 Å². The van der Waals surface area contributed by atoms with Crippen LogP contribution in [-0.2, 0) is 0 Å². The predicted molar refractivity (Wildman–Crippen MR) is 53.0 cm³/mol. The highest BCUT2D eigenvalue weighted by molar-refractivity contribution is 5.69. The van der Waals surface area contributed by atoms with Crippen LogP contribution < -0.4 is 0 Å². The Morgan fingerprint density at radius 2 is 1.67 bits per heavy atom. The molecule has 0 heterocycles. The van der Waals surface area contributed by atoms with Crippen LogP contribution in [0.4, 0.5) is 0 Å². The van der Waals surface area contributed by atoms with E-state index in [-0.39, 0.29) is 0 Å². The van der Waals surface area contributed by atoms with Crippen LogP contribution >= 0.6 is 0 Å². The highest BCUT2D eigenvalue weighted by Gasteiger charge is 2.15. The lowest BCUT2D eigenvalue weighted by molar-refractivity contribution is 1.44. The predicted octanol–water partition coefficient (Wildman–Crippen LogP) is 3.56. The van der Waals surface area contributed by atoms with Gasteiger partial charge in [-0.2, -0.15) is 0 Å². The molecule has 0 aliphatic heterocycles. The molecule has 62 valence electrons. The quantitative estimate of drug-likeness (QED) is 0.586. The van der Waals surface area contributed by atoms with Gasteiger partial charge in [0.15, 0.2) is 0 Å². The van der Waals surface area contributed by atoms with Crippen LogP contribution in [0.25, 0.3) is 5.57 Å². The summed E-state index contributed by atoms with van der Waals surface area (Å²) in [7, 11) is 0. The number of allylic oxidation sites excluding steroid dienone is 2. The molecule has 0 saturated heterocycles. The number of aryl methyl sites for hydroxylation is 1. The van der Waals surface area contributed by atoms with Gasteiger partial charge in [0.1, 0.15) is 0 Å². The standard InChI is InChI=1S/C12H14/c1-9-3-5-11(6-4-9)10(2)12-7-8-12/h3-6H,7-8H2,1-2H3. The minimum atomic E-state index is 1.32. The maximum Gasteiger partial charge on any atom is -0.0228 e. The number of rotatable bonds is 1. The van der Waals surface area contributed by atoms with Gasteiger partial charge in [0.25, 0.3) is 0 Å². The zero-order chi connectivity index (χ0) is 8.55. The van der Waals surface area contributed by atoms with Crippen LogP contribution in [0, 0.1) is 6.92 Å². The van der Waals surface area contributed by atoms with Gasteiger partial charge in [0.2, 0.25) is 0 Å². The Bertz CT molecular complexity index is 308. The van der Waals surface area contributed by atoms with Gasteiger partial charge in [-0.1, -0.05) is 35.4 Å². The van der Waals surface area contributed by atoms with Gasteiger partial charge >= 0.3 is 0 Å². The molecule has 0 bridgehead atoms. The summed E-state index contributed by atoms with van der Waals surface area (Å²) in [4.78, 5) is 0. The lowest BCUT2D eigenvalue weighted by atomic mass is 10.1. The maximum atomic E-state index is 2.23. The number of hydrogen-bond acceptors (Lipinski definition) is 0. The van der Waals surface area contributed by atoms with Crippen LogP contribution in [-0.4, -0.2) is 0 Å². The van der Waals surface area contributed by atoms with Gasteiger partial charge in [-0.3, -0.25) is 0 Å². The molecule has 2 rings (SSSR count). The van der Waals surface area contributed by atoms with Crippen molar-refractivity contribution in [3.05, 3.63) is 41.0 Å². The second kappa shape index (κ2) is 2.78. The minimum Gasteiger partial charge on any atom is -0.0661 e. The summed E-state index contributed by atoms with van der Waals surface area (Å²) in [5.41, 5.74) is 5.87. The summed E-state index contributed by atoms with van der Waals surface area (Å²) in [6.07, 6.45) is 2.64. The number of benzene rings is 1. The molecule has 0 unspecified atom stereocenters. The molecule has 1 aliphatic carbocycles. The fourth-order valence-corrected chi connectivity index (χ4v) is 1.45. The minimum absolute atomic E-state index is 1.32. The Labute approximate surface area is 73.9 Å². The molecule has 1 aromatic rings. The second-order valence-corrected chi connectivity index (χ2v) is 3.59. The van der Waals surface area contributed by atoms with Crippen LogP contribution in [0.5, 0.6) is 0 Å². The Balaban J connectivity index is 2.35. The molecule has 0 spiro atoms.